The molecule has 1 N–H and O–H groups in total. The molecule has 1 aliphatic heterocycles. The molecule has 20 heavy (non-hydrogen) atoms. The summed E-state index contributed by atoms with van der Waals surface area (Å²) in [7, 11) is -3.55. The largest absolute Gasteiger partial charge is 0.268 e. The minimum absolute atomic E-state index is 0. The molecular formula is C14H25NO3SV. The first-order chi connectivity index (χ1) is 9.03. The Labute approximate surface area is 135 Å². The zero-order valence-corrected chi connectivity index (χ0v) is 15.3. The molecule has 1 aromatic rings. The molecule has 1 amide bonds. The van der Waals surface area contributed by atoms with Crippen LogP contribution in [0.4, 0.5) is 0 Å². The van der Waals surface area contributed by atoms with Crippen LogP contribution in [0.15, 0.2) is 29.2 Å². The number of amides is 1. The molecule has 0 spiro atoms. The summed E-state index contributed by atoms with van der Waals surface area (Å²) in [5.41, 5.74) is 0.220. The van der Waals surface area contributed by atoms with E-state index in [0.29, 0.717) is 0 Å². The fourth-order valence-electron chi connectivity index (χ4n) is 1.12. The van der Waals surface area contributed by atoms with Gasteiger partial charge >= 0.3 is 0 Å². The Kier molecular flexibility index (Phi) is 16.0. The third kappa shape index (κ3) is 7.13. The molecule has 0 unspecified atom stereocenters. The number of benzene rings is 1. The topological polar surface area (TPSA) is 63.2 Å². The van der Waals surface area contributed by atoms with E-state index >= 15 is 0 Å². The first-order valence-electron chi connectivity index (χ1n) is 6.69. The molecule has 0 bridgehead atoms. The molecule has 0 saturated heterocycles. The number of sulfonamides is 1. The standard InChI is InChI=1S/C7H5NO3S.C3H8.2C2H6.V/c9-7-5-3-1-2-4-6(5)12(10,11)8-7;1-3-2;2*1-2;/h1-4H,(H,8,9);3H2,1-2H3;2*1-2H3;. The van der Waals surface area contributed by atoms with E-state index in [4.69, 9.17) is 0 Å². The number of carbonyl (C=O) groups is 1. The zero-order valence-electron chi connectivity index (χ0n) is 13.1. The average molecular weight is 338 g/mol. The summed E-state index contributed by atoms with van der Waals surface area (Å²) in [4.78, 5) is 11.1. The summed E-state index contributed by atoms with van der Waals surface area (Å²) in [5.74, 6) is -0.550. The van der Waals surface area contributed by atoms with Crippen LogP contribution in [0, 0.1) is 0 Å². The second kappa shape index (κ2) is 13.2. The van der Waals surface area contributed by atoms with E-state index in [-0.39, 0.29) is 29.0 Å². The van der Waals surface area contributed by atoms with Crippen LogP contribution in [0.2, 0.25) is 0 Å². The Morgan fingerprint density at radius 2 is 1.40 bits per heavy atom. The first kappa shape index (κ1) is 24.3. The normalized spacial score (nSPS) is 12.6. The van der Waals surface area contributed by atoms with Crippen molar-refractivity contribution in [1.82, 2.24) is 4.72 Å². The molecule has 4 nitrogen and oxygen atoms in total. The van der Waals surface area contributed by atoms with Crippen LogP contribution in [0.5, 0.6) is 0 Å². The van der Waals surface area contributed by atoms with Gasteiger partial charge < -0.3 is 0 Å². The van der Waals surface area contributed by atoms with Crippen LogP contribution >= 0.6 is 0 Å². The number of hydrogen-bond donors (Lipinski definition) is 1. The van der Waals surface area contributed by atoms with Crippen molar-refractivity contribution < 1.29 is 31.8 Å². The van der Waals surface area contributed by atoms with Gasteiger partial charge in [-0.05, 0) is 12.1 Å². The Morgan fingerprint density at radius 1 is 1.00 bits per heavy atom. The van der Waals surface area contributed by atoms with Crippen LogP contribution in [-0.4, -0.2) is 14.3 Å². The molecule has 115 valence electrons. The van der Waals surface area contributed by atoms with Gasteiger partial charge in [-0.3, -0.25) is 4.79 Å². The SMILES string of the molecule is CC.CC.CCC.O=C1NS(=O)(=O)c2ccccc21.[V]. The third-order valence-corrected chi connectivity index (χ3v) is 3.04. The first-order valence-corrected chi connectivity index (χ1v) is 8.17. The van der Waals surface area contributed by atoms with Crippen molar-refractivity contribution >= 4 is 15.9 Å². The van der Waals surface area contributed by atoms with Gasteiger partial charge in [0.1, 0.15) is 4.90 Å². The van der Waals surface area contributed by atoms with Crippen molar-refractivity contribution in [3.8, 4) is 0 Å². The Morgan fingerprint density at radius 3 is 1.80 bits per heavy atom. The van der Waals surface area contributed by atoms with Gasteiger partial charge in [-0.1, -0.05) is 60.1 Å². The van der Waals surface area contributed by atoms with Crippen molar-refractivity contribution in [2.24, 2.45) is 0 Å². The molecule has 0 fully saturated rings. The fraction of sp³-hybridized carbons (Fsp3) is 0.500. The Bertz CT molecular complexity index is 473. The molecule has 0 atom stereocenters. The van der Waals surface area contributed by atoms with Crippen LogP contribution < -0.4 is 4.72 Å². The van der Waals surface area contributed by atoms with Gasteiger partial charge in [-0.15, -0.1) is 0 Å². The molecule has 6 heteroatoms. The molecular weight excluding hydrogens is 313 g/mol. The number of fused-ring (bicyclic) bond motifs is 1. The van der Waals surface area contributed by atoms with Gasteiger partial charge in [0, 0.05) is 18.6 Å². The van der Waals surface area contributed by atoms with Gasteiger partial charge in [-0.2, -0.15) is 0 Å². The van der Waals surface area contributed by atoms with Crippen molar-refractivity contribution in [3.63, 3.8) is 0 Å². The molecule has 1 radical (unpaired) electrons. The zero-order chi connectivity index (χ0) is 15.5. The van der Waals surface area contributed by atoms with E-state index in [1.807, 2.05) is 32.4 Å². The minimum atomic E-state index is -3.55. The van der Waals surface area contributed by atoms with E-state index in [0.717, 1.165) is 0 Å². The molecule has 1 aromatic carbocycles. The van der Waals surface area contributed by atoms with Gasteiger partial charge in [-0.25, -0.2) is 13.1 Å². The number of nitrogens with one attached hydrogen (secondary N) is 1. The molecule has 1 heterocycles. The van der Waals surface area contributed by atoms with Crippen LogP contribution in [0.1, 0.15) is 58.3 Å². The van der Waals surface area contributed by atoms with Crippen molar-refractivity contribution in [2.75, 3.05) is 0 Å². The van der Waals surface area contributed by atoms with Crippen LogP contribution in [0.3, 0.4) is 0 Å². The second-order valence-electron chi connectivity index (χ2n) is 3.14. The molecule has 0 aromatic heterocycles. The van der Waals surface area contributed by atoms with Gasteiger partial charge in [0.25, 0.3) is 15.9 Å². The number of carbonyl (C=O) groups excluding carboxylic acids is 1. The van der Waals surface area contributed by atoms with E-state index in [2.05, 4.69) is 13.8 Å². The smallest absolute Gasteiger partial charge is 0.266 e. The summed E-state index contributed by atoms with van der Waals surface area (Å²) in [6.45, 7) is 12.2. The molecule has 0 saturated carbocycles. The Balaban J connectivity index is -0.000000315. The summed E-state index contributed by atoms with van der Waals surface area (Å²) in [6, 6.07) is 6.09. The Hall–Kier alpha value is -0.776. The maximum absolute atomic E-state index is 11.1. The van der Waals surface area contributed by atoms with E-state index in [9.17, 15) is 13.2 Å². The van der Waals surface area contributed by atoms with Crippen LogP contribution in [0.25, 0.3) is 0 Å². The summed E-state index contributed by atoms with van der Waals surface area (Å²) in [6.07, 6.45) is 1.25. The number of rotatable bonds is 0. The van der Waals surface area contributed by atoms with Crippen molar-refractivity contribution in [1.29, 1.82) is 0 Å². The quantitative estimate of drug-likeness (QED) is 0.786. The van der Waals surface area contributed by atoms with Crippen molar-refractivity contribution in [3.05, 3.63) is 29.8 Å². The minimum Gasteiger partial charge on any atom is -0.268 e. The maximum atomic E-state index is 11.1. The number of hydrogen-bond acceptors (Lipinski definition) is 3. The van der Waals surface area contributed by atoms with Gasteiger partial charge in [0.2, 0.25) is 0 Å². The van der Waals surface area contributed by atoms with Gasteiger partial charge in [0.05, 0.1) is 5.56 Å². The summed E-state index contributed by atoms with van der Waals surface area (Å²) < 4.78 is 24.2. The fourth-order valence-corrected chi connectivity index (χ4v) is 2.29. The molecule has 1 aliphatic rings. The van der Waals surface area contributed by atoms with E-state index in [1.54, 1.807) is 12.1 Å². The second-order valence-corrected chi connectivity index (χ2v) is 4.79. The van der Waals surface area contributed by atoms with Crippen molar-refractivity contribution in [2.45, 2.75) is 52.9 Å². The molecule has 0 aliphatic carbocycles. The maximum Gasteiger partial charge on any atom is 0.266 e. The summed E-state index contributed by atoms with van der Waals surface area (Å²) in [5, 5.41) is 0. The monoisotopic (exact) mass is 338 g/mol. The van der Waals surface area contributed by atoms with E-state index in [1.165, 1.54) is 18.6 Å². The van der Waals surface area contributed by atoms with Crippen LogP contribution in [-0.2, 0) is 28.6 Å². The third-order valence-electron chi connectivity index (χ3n) is 1.65. The predicted octanol–water partition coefficient (Wildman–Crippen LogP) is 3.58. The average Bonchev–Trinajstić information content (AvgIpc) is 2.66. The summed E-state index contributed by atoms with van der Waals surface area (Å²) >= 11 is 0. The van der Waals surface area contributed by atoms with E-state index < -0.39 is 15.9 Å². The predicted molar refractivity (Wildman–Crippen MR) is 79.8 cm³/mol. The molecule has 2 rings (SSSR count). The van der Waals surface area contributed by atoms with Gasteiger partial charge in [0.15, 0.2) is 0 Å².